The predicted molar refractivity (Wildman–Crippen MR) is 94.5 cm³/mol. The van der Waals surface area contributed by atoms with Gasteiger partial charge >= 0.3 is 0 Å². The number of rotatable bonds is 2. The van der Waals surface area contributed by atoms with Crippen molar-refractivity contribution in [2.45, 2.75) is 0 Å². The minimum atomic E-state index is 0.308. The van der Waals surface area contributed by atoms with Crippen LogP contribution in [0.25, 0.3) is 33.6 Å². The van der Waals surface area contributed by atoms with E-state index in [1.54, 1.807) is 0 Å². The van der Waals surface area contributed by atoms with E-state index in [0.717, 1.165) is 27.8 Å². The molecule has 4 rings (SSSR count). The summed E-state index contributed by atoms with van der Waals surface area (Å²) >= 11 is 5.11. The highest BCUT2D eigenvalue weighted by atomic mass is 32.1. The monoisotopic (exact) mass is 319 g/mol. The van der Waals surface area contributed by atoms with Gasteiger partial charge < -0.3 is 15.1 Å². The smallest absolute Gasteiger partial charge is 0.233 e. The summed E-state index contributed by atoms with van der Waals surface area (Å²) in [6.07, 6.45) is 0. The molecule has 0 bridgehead atoms. The number of nitrogen functional groups attached to an aromatic ring is 1. The SMILES string of the molecule is Nc1[nH]c(=S)nc2oc(-c3ccccc3)c(-c3ccccc3)c12. The Balaban J connectivity index is 2.14. The second kappa shape index (κ2) is 5.37. The lowest BCUT2D eigenvalue weighted by Crippen LogP contribution is -1.94. The van der Waals surface area contributed by atoms with Crippen LogP contribution in [-0.4, -0.2) is 9.97 Å². The molecule has 0 unspecified atom stereocenters. The third-order valence-electron chi connectivity index (χ3n) is 3.70. The van der Waals surface area contributed by atoms with E-state index in [1.807, 2.05) is 60.7 Å². The summed E-state index contributed by atoms with van der Waals surface area (Å²) in [4.78, 5) is 7.19. The molecule has 112 valence electrons. The van der Waals surface area contributed by atoms with Crippen molar-refractivity contribution >= 4 is 29.1 Å². The molecule has 0 amide bonds. The van der Waals surface area contributed by atoms with Crippen molar-refractivity contribution in [3.63, 3.8) is 0 Å². The van der Waals surface area contributed by atoms with Crippen molar-refractivity contribution in [1.29, 1.82) is 0 Å². The molecule has 0 atom stereocenters. The van der Waals surface area contributed by atoms with Gasteiger partial charge in [0.1, 0.15) is 11.6 Å². The van der Waals surface area contributed by atoms with Crippen LogP contribution in [0.4, 0.5) is 5.82 Å². The molecule has 4 aromatic rings. The molecule has 2 heterocycles. The number of anilines is 1. The number of fused-ring (bicyclic) bond motifs is 1. The molecule has 4 nitrogen and oxygen atoms in total. The summed E-state index contributed by atoms with van der Waals surface area (Å²) in [6.45, 7) is 0. The number of aromatic nitrogens is 2. The van der Waals surface area contributed by atoms with E-state index in [-0.39, 0.29) is 0 Å². The molecule has 0 saturated heterocycles. The van der Waals surface area contributed by atoms with Gasteiger partial charge in [-0.15, -0.1) is 0 Å². The normalized spacial score (nSPS) is 11.0. The lowest BCUT2D eigenvalue weighted by Gasteiger charge is -2.04. The van der Waals surface area contributed by atoms with E-state index in [0.29, 0.717) is 16.3 Å². The first-order chi connectivity index (χ1) is 11.2. The first-order valence-corrected chi connectivity index (χ1v) is 7.58. The number of furan rings is 1. The Kier molecular flexibility index (Phi) is 3.20. The maximum absolute atomic E-state index is 6.16. The Hall–Kier alpha value is -2.92. The number of benzene rings is 2. The van der Waals surface area contributed by atoms with Crippen LogP contribution in [0.2, 0.25) is 0 Å². The Morgan fingerprint density at radius 2 is 1.52 bits per heavy atom. The van der Waals surface area contributed by atoms with Gasteiger partial charge in [-0.25, -0.2) is 0 Å². The zero-order chi connectivity index (χ0) is 15.8. The maximum atomic E-state index is 6.16. The number of hydrogen-bond donors (Lipinski definition) is 2. The Labute approximate surface area is 137 Å². The lowest BCUT2D eigenvalue weighted by molar-refractivity contribution is 0.618. The van der Waals surface area contributed by atoms with E-state index >= 15 is 0 Å². The van der Waals surface area contributed by atoms with Crippen LogP contribution >= 0.6 is 12.2 Å². The molecule has 3 N–H and O–H groups in total. The minimum absolute atomic E-state index is 0.308. The van der Waals surface area contributed by atoms with Crippen LogP contribution in [0.3, 0.4) is 0 Å². The predicted octanol–water partition coefficient (Wildman–Crippen LogP) is 4.80. The van der Waals surface area contributed by atoms with Crippen LogP contribution < -0.4 is 5.73 Å². The highest BCUT2D eigenvalue weighted by Crippen LogP contribution is 2.41. The quantitative estimate of drug-likeness (QED) is 0.521. The zero-order valence-corrected chi connectivity index (χ0v) is 12.9. The van der Waals surface area contributed by atoms with Crippen LogP contribution in [0, 0.1) is 4.77 Å². The molecule has 0 fully saturated rings. The third-order valence-corrected chi connectivity index (χ3v) is 3.90. The van der Waals surface area contributed by atoms with Crippen molar-refractivity contribution in [3.8, 4) is 22.5 Å². The molecule has 23 heavy (non-hydrogen) atoms. The summed E-state index contributed by atoms with van der Waals surface area (Å²) in [6, 6.07) is 19.9. The molecule has 0 aliphatic carbocycles. The van der Waals surface area contributed by atoms with E-state index in [2.05, 4.69) is 9.97 Å². The van der Waals surface area contributed by atoms with Crippen LogP contribution in [0.1, 0.15) is 0 Å². The van der Waals surface area contributed by atoms with Crippen LogP contribution in [0.15, 0.2) is 65.1 Å². The van der Waals surface area contributed by atoms with Gasteiger partial charge in [0.2, 0.25) is 10.5 Å². The molecular formula is C18H13N3OS. The number of hydrogen-bond acceptors (Lipinski definition) is 4. The minimum Gasteiger partial charge on any atom is -0.437 e. The average molecular weight is 319 g/mol. The Bertz CT molecular complexity index is 1040. The van der Waals surface area contributed by atoms with E-state index in [1.165, 1.54) is 0 Å². The van der Waals surface area contributed by atoms with Gasteiger partial charge in [0, 0.05) is 11.1 Å². The molecule has 5 heteroatoms. The van der Waals surface area contributed by atoms with Gasteiger partial charge in [0.25, 0.3) is 0 Å². The molecule has 0 spiro atoms. The standard InChI is InChI=1S/C18H13N3OS/c19-16-14-13(11-7-3-1-4-8-11)15(12-9-5-2-6-10-12)22-17(14)21-18(23)20-16/h1-10H,(H3,19,20,21,23). The summed E-state index contributed by atoms with van der Waals surface area (Å²) in [5.74, 6) is 1.20. The maximum Gasteiger partial charge on any atom is 0.233 e. The van der Waals surface area contributed by atoms with Gasteiger partial charge in [-0.05, 0) is 17.8 Å². The molecular weight excluding hydrogens is 306 g/mol. The Morgan fingerprint density at radius 1 is 0.913 bits per heavy atom. The second-order valence-electron chi connectivity index (χ2n) is 5.17. The highest BCUT2D eigenvalue weighted by Gasteiger charge is 2.20. The lowest BCUT2D eigenvalue weighted by atomic mass is 9.99. The number of nitrogens with zero attached hydrogens (tertiary/aromatic N) is 1. The van der Waals surface area contributed by atoms with Gasteiger partial charge in [-0.2, -0.15) is 4.98 Å². The first kappa shape index (κ1) is 13.7. The van der Waals surface area contributed by atoms with Gasteiger partial charge in [-0.1, -0.05) is 60.7 Å². The van der Waals surface area contributed by atoms with Gasteiger partial charge in [-0.3, -0.25) is 0 Å². The average Bonchev–Trinajstić information content (AvgIpc) is 2.96. The molecule has 0 radical (unpaired) electrons. The van der Waals surface area contributed by atoms with Crippen molar-refractivity contribution in [2.24, 2.45) is 0 Å². The fourth-order valence-electron chi connectivity index (χ4n) is 2.72. The largest absolute Gasteiger partial charge is 0.437 e. The topological polar surface area (TPSA) is 67.8 Å². The van der Waals surface area contributed by atoms with E-state index in [4.69, 9.17) is 22.4 Å². The van der Waals surface area contributed by atoms with E-state index < -0.39 is 0 Å². The molecule has 2 aromatic carbocycles. The van der Waals surface area contributed by atoms with Crippen molar-refractivity contribution in [1.82, 2.24) is 9.97 Å². The summed E-state index contributed by atoms with van der Waals surface area (Å²) < 4.78 is 6.33. The summed E-state index contributed by atoms with van der Waals surface area (Å²) in [5, 5.41) is 0.753. The molecule has 2 aromatic heterocycles. The summed E-state index contributed by atoms with van der Waals surface area (Å²) in [5.41, 5.74) is 9.52. The first-order valence-electron chi connectivity index (χ1n) is 7.17. The fraction of sp³-hybridized carbons (Fsp3) is 0. The third kappa shape index (κ3) is 2.31. The van der Waals surface area contributed by atoms with Crippen molar-refractivity contribution in [2.75, 3.05) is 5.73 Å². The number of nitrogens with two attached hydrogens (primary N) is 1. The zero-order valence-electron chi connectivity index (χ0n) is 12.1. The van der Waals surface area contributed by atoms with Crippen LogP contribution in [0.5, 0.6) is 0 Å². The Morgan fingerprint density at radius 3 is 2.17 bits per heavy atom. The summed E-state index contributed by atoms with van der Waals surface area (Å²) in [7, 11) is 0. The molecule has 0 saturated carbocycles. The second-order valence-corrected chi connectivity index (χ2v) is 5.56. The molecule has 0 aliphatic heterocycles. The van der Waals surface area contributed by atoms with Crippen molar-refractivity contribution in [3.05, 3.63) is 65.4 Å². The van der Waals surface area contributed by atoms with Crippen LogP contribution in [-0.2, 0) is 0 Å². The van der Waals surface area contributed by atoms with Gasteiger partial charge in [0.05, 0.1) is 5.39 Å². The highest BCUT2D eigenvalue weighted by molar-refractivity contribution is 7.71. The van der Waals surface area contributed by atoms with Gasteiger partial charge in [0.15, 0.2) is 0 Å². The van der Waals surface area contributed by atoms with Crippen molar-refractivity contribution < 1.29 is 4.42 Å². The number of nitrogens with one attached hydrogen (secondary N) is 1. The number of H-pyrrole nitrogens is 1. The fourth-order valence-corrected chi connectivity index (χ4v) is 2.91. The molecule has 0 aliphatic rings. The number of aromatic amines is 1. The van der Waals surface area contributed by atoms with E-state index in [9.17, 15) is 0 Å².